The van der Waals surface area contributed by atoms with Gasteiger partial charge < -0.3 is 5.11 Å². The summed E-state index contributed by atoms with van der Waals surface area (Å²) in [5, 5.41) is 9.23. The molecule has 0 aromatic heterocycles. The van der Waals surface area contributed by atoms with Crippen LogP contribution in [0, 0.1) is 6.92 Å². The van der Waals surface area contributed by atoms with Gasteiger partial charge in [-0.15, -0.1) is 0 Å². The lowest BCUT2D eigenvalue weighted by molar-refractivity contribution is -0.113. The average Bonchev–Trinajstić information content (AvgIpc) is 2.89. The number of thioether (sulfide) groups is 1. The highest BCUT2D eigenvalue weighted by Crippen LogP contribution is 2.37. The summed E-state index contributed by atoms with van der Waals surface area (Å²) in [5.41, 5.74) is 3.59. The van der Waals surface area contributed by atoms with Crippen LogP contribution in [0.2, 0.25) is 0 Å². The van der Waals surface area contributed by atoms with Gasteiger partial charge in [0.15, 0.2) is 4.32 Å². The van der Waals surface area contributed by atoms with Crippen LogP contribution in [0.5, 0.6) is 0 Å². The van der Waals surface area contributed by atoms with E-state index in [2.05, 4.69) is 26.0 Å². The van der Waals surface area contributed by atoms with Gasteiger partial charge in [-0.2, -0.15) is 0 Å². The molecular formula is C21H19NO3S2. The Labute approximate surface area is 167 Å². The van der Waals surface area contributed by atoms with Gasteiger partial charge in [-0.25, -0.2) is 4.79 Å². The minimum atomic E-state index is -1.04. The van der Waals surface area contributed by atoms with Crippen molar-refractivity contribution in [3.8, 4) is 0 Å². The van der Waals surface area contributed by atoms with E-state index >= 15 is 0 Å². The van der Waals surface area contributed by atoms with E-state index in [9.17, 15) is 14.7 Å². The molecule has 0 unspecified atom stereocenters. The molecule has 1 heterocycles. The van der Waals surface area contributed by atoms with Crippen molar-refractivity contribution in [3.63, 3.8) is 0 Å². The zero-order valence-electron chi connectivity index (χ0n) is 15.2. The highest BCUT2D eigenvalue weighted by Gasteiger charge is 2.34. The number of carboxylic acids is 1. The van der Waals surface area contributed by atoms with Gasteiger partial charge in [0.2, 0.25) is 0 Å². The predicted octanol–water partition coefficient (Wildman–Crippen LogP) is 5.22. The van der Waals surface area contributed by atoms with Gasteiger partial charge in [0.25, 0.3) is 5.91 Å². The molecule has 6 heteroatoms. The zero-order valence-corrected chi connectivity index (χ0v) is 16.9. The summed E-state index contributed by atoms with van der Waals surface area (Å²) in [6.07, 6.45) is 1.82. The van der Waals surface area contributed by atoms with Crippen molar-refractivity contribution in [2.75, 3.05) is 4.90 Å². The molecule has 1 aliphatic heterocycles. The van der Waals surface area contributed by atoms with E-state index in [0.29, 0.717) is 20.8 Å². The molecule has 1 N–H and O–H groups in total. The van der Waals surface area contributed by atoms with Crippen LogP contribution in [0.15, 0.2) is 47.4 Å². The van der Waals surface area contributed by atoms with Gasteiger partial charge >= 0.3 is 5.97 Å². The van der Waals surface area contributed by atoms with Crippen LogP contribution in [-0.4, -0.2) is 21.3 Å². The number of hydrogen-bond acceptors (Lipinski definition) is 4. The zero-order chi connectivity index (χ0) is 19.7. The number of aromatic carboxylic acids is 1. The number of benzene rings is 2. The van der Waals surface area contributed by atoms with Crippen LogP contribution in [-0.2, 0) is 4.79 Å². The Bertz CT molecular complexity index is 962. The third-order valence-corrected chi connectivity index (χ3v) is 5.69. The minimum absolute atomic E-state index is 0.123. The lowest BCUT2D eigenvalue weighted by Crippen LogP contribution is -2.28. The van der Waals surface area contributed by atoms with E-state index in [-0.39, 0.29) is 11.5 Å². The molecule has 2 aromatic carbocycles. The highest BCUT2D eigenvalue weighted by atomic mass is 32.2. The van der Waals surface area contributed by atoms with Crippen LogP contribution in [0.1, 0.15) is 46.8 Å². The minimum Gasteiger partial charge on any atom is -0.478 e. The van der Waals surface area contributed by atoms with Crippen molar-refractivity contribution in [1.29, 1.82) is 0 Å². The van der Waals surface area contributed by atoms with E-state index in [1.165, 1.54) is 34.4 Å². The molecule has 0 radical (unpaired) electrons. The maximum Gasteiger partial charge on any atom is 0.335 e. The molecule has 4 nitrogen and oxygen atoms in total. The number of anilines is 1. The normalized spacial score (nSPS) is 15.9. The Kier molecular flexibility index (Phi) is 5.48. The van der Waals surface area contributed by atoms with Crippen molar-refractivity contribution in [2.24, 2.45) is 0 Å². The Morgan fingerprint density at radius 2 is 1.85 bits per heavy atom. The fraction of sp³-hybridized carbons (Fsp3) is 0.190. The second-order valence-electron chi connectivity index (χ2n) is 6.64. The Morgan fingerprint density at radius 3 is 2.44 bits per heavy atom. The van der Waals surface area contributed by atoms with Crippen molar-refractivity contribution in [1.82, 2.24) is 0 Å². The van der Waals surface area contributed by atoms with Crippen molar-refractivity contribution < 1.29 is 14.7 Å². The van der Waals surface area contributed by atoms with Crippen molar-refractivity contribution >= 4 is 51.9 Å². The van der Waals surface area contributed by atoms with E-state index in [1.54, 1.807) is 6.07 Å². The fourth-order valence-electron chi connectivity index (χ4n) is 2.79. The van der Waals surface area contributed by atoms with Gasteiger partial charge in [-0.1, -0.05) is 68.2 Å². The largest absolute Gasteiger partial charge is 0.478 e. The first kappa shape index (κ1) is 19.3. The monoisotopic (exact) mass is 397 g/mol. The molecule has 1 aliphatic rings. The molecule has 27 heavy (non-hydrogen) atoms. The lowest BCUT2D eigenvalue weighted by atomic mass is 10.0. The number of nitrogens with zero attached hydrogens (tertiary/aromatic N) is 1. The summed E-state index contributed by atoms with van der Waals surface area (Å²) in [4.78, 5) is 26.1. The number of thiocarbonyl (C=S) groups is 1. The van der Waals surface area contributed by atoms with E-state index in [1.807, 2.05) is 25.1 Å². The average molecular weight is 398 g/mol. The van der Waals surface area contributed by atoms with Gasteiger partial charge in [0, 0.05) is 0 Å². The van der Waals surface area contributed by atoms with Gasteiger partial charge in [-0.05, 0) is 47.7 Å². The summed E-state index contributed by atoms with van der Waals surface area (Å²) < 4.78 is 0.399. The standard InChI is InChI=1S/C21H19NO3S2/c1-12(2)15-8-5-14(6-9-15)10-18-19(23)22(21(26)27-18)17-11-16(20(24)25)7-4-13(17)3/h4-12H,1-3H3,(H,24,25). The van der Waals surface area contributed by atoms with E-state index in [4.69, 9.17) is 12.2 Å². The number of carboxylic acid groups (broad SMARTS) is 1. The number of amides is 1. The SMILES string of the molecule is Cc1ccc(C(=O)O)cc1N1C(=O)C(=Cc2ccc(C(C)C)cc2)SC1=S. The second-order valence-corrected chi connectivity index (χ2v) is 8.32. The summed E-state index contributed by atoms with van der Waals surface area (Å²) in [6, 6.07) is 12.8. The van der Waals surface area contributed by atoms with Gasteiger partial charge in [-0.3, -0.25) is 9.69 Å². The molecule has 1 fully saturated rings. The number of carbonyl (C=O) groups is 2. The molecule has 138 valence electrons. The number of aryl methyl sites for hydroxylation is 1. The van der Waals surface area contributed by atoms with Gasteiger partial charge in [0.1, 0.15) is 0 Å². The first-order valence-electron chi connectivity index (χ1n) is 8.50. The summed E-state index contributed by atoms with van der Waals surface area (Å²) in [6.45, 7) is 6.09. The first-order chi connectivity index (χ1) is 12.8. The molecule has 0 spiro atoms. The first-order valence-corrected chi connectivity index (χ1v) is 9.72. The van der Waals surface area contributed by atoms with Crippen LogP contribution < -0.4 is 4.90 Å². The second kappa shape index (κ2) is 7.66. The van der Waals surface area contributed by atoms with Crippen LogP contribution >= 0.6 is 24.0 Å². The van der Waals surface area contributed by atoms with Gasteiger partial charge in [0.05, 0.1) is 16.2 Å². The van der Waals surface area contributed by atoms with Crippen LogP contribution in [0.25, 0.3) is 6.08 Å². The third-order valence-electron chi connectivity index (χ3n) is 4.39. The summed E-state index contributed by atoms with van der Waals surface area (Å²) in [5.74, 6) is -0.826. The smallest absolute Gasteiger partial charge is 0.335 e. The topological polar surface area (TPSA) is 57.6 Å². The van der Waals surface area contributed by atoms with Crippen LogP contribution in [0.4, 0.5) is 5.69 Å². The number of carbonyl (C=O) groups excluding carboxylic acids is 1. The molecule has 1 amide bonds. The van der Waals surface area contributed by atoms with E-state index in [0.717, 1.165) is 11.1 Å². The Hall–Kier alpha value is -2.44. The quantitative estimate of drug-likeness (QED) is 0.566. The molecule has 0 atom stereocenters. The van der Waals surface area contributed by atoms with E-state index < -0.39 is 5.97 Å². The molecule has 0 aliphatic carbocycles. The molecule has 3 rings (SSSR count). The number of rotatable bonds is 4. The Morgan fingerprint density at radius 1 is 1.19 bits per heavy atom. The van der Waals surface area contributed by atoms with Crippen molar-refractivity contribution in [2.45, 2.75) is 26.7 Å². The predicted molar refractivity (Wildman–Crippen MR) is 114 cm³/mol. The molecule has 2 aromatic rings. The maximum atomic E-state index is 12.9. The molecule has 0 saturated carbocycles. The number of hydrogen-bond donors (Lipinski definition) is 1. The van der Waals surface area contributed by atoms with Crippen LogP contribution in [0.3, 0.4) is 0 Å². The molecule has 0 bridgehead atoms. The van der Waals surface area contributed by atoms with Crippen molar-refractivity contribution in [3.05, 3.63) is 69.6 Å². The summed E-state index contributed by atoms with van der Waals surface area (Å²) >= 11 is 6.62. The maximum absolute atomic E-state index is 12.9. The fourth-order valence-corrected chi connectivity index (χ4v) is 4.07. The Balaban J connectivity index is 1.93. The molecular weight excluding hydrogens is 378 g/mol. The third kappa shape index (κ3) is 3.96. The highest BCUT2D eigenvalue weighted by molar-refractivity contribution is 8.27. The molecule has 1 saturated heterocycles. The summed E-state index contributed by atoms with van der Waals surface area (Å²) in [7, 11) is 0. The lowest BCUT2D eigenvalue weighted by Gasteiger charge is -2.17.